The Balaban J connectivity index is 1.60. The monoisotopic (exact) mass is 302 g/mol. The smallest absolute Gasteiger partial charge is 0.226 e. The van der Waals surface area contributed by atoms with Crippen molar-refractivity contribution >= 4 is 11.6 Å². The van der Waals surface area contributed by atoms with Crippen LogP contribution in [0.25, 0.3) is 0 Å². The van der Waals surface area contributed by atoms with E-state index in [1.165, 1.54) is 12.1 Å². The van der Waals surface area contributed by atoms with Crippen LogP contribution in [-0.4, -0.2) is 35.7 Å². The number of carbonyl (C=O) groups excluding carboxylic acids is 1. The lowest BCUT2D eigenvalue weighted by molar-refractivity contribution is -0.133. The summed E-state index contributed by atoms with van der Waals surface area (Å²) in [5.74, 6) is 0.0495. The van der Waals surface area contributed by atoms with Crippen molar-refractivity contribution < 1.29 is 14.0 Å². The van der Waals surface area contributed by atoms with Crippen molar-refractivity contribution in [3.63, 3.8) is 0 Å². The molecule has 1 aliphatic carbocycles. The van der Waals surface area contributed by atoms with Crippen molar-refractivity contribution in [2.45, 2.75) is 25.4 Å². The van der Waals surface area contributed by atoms with Crippen molar-refractivity contribution in [1.29, 1.82) is 0 Å². The molecule has 0 bridgehead atoms. The quantitative estimate of drug-likeness (QED) is 0.758. The Hall–Kier alpha value is -2.17. The normalized spacial score (nSPS) is 20.2. The summed E-state index contributed by atoms with van der Waals surface area (Å²) >= 11 is 0. The highest BCUT2D eigenvalue weighted by atomic mass is 19.1. The summed E-state index contributed by atoms with van der Waals surface area (Å²) in [6.45, 7) is 4.71. The van der Waals surface area contributed by atoms with Gasteiger partial charge in [-0.25, -0.2) is 4.39 Å². The topological polar surface area (TPSA) is 41.9 Å². The van der Waals surface area contributed by atoms with Gasteiger partial charge in [0.05, 0.1) is 12.3 Å². The number of carbonyl (C=O) groups is 1. The number of amides is 1. The molecule has 2 aliphatic rings. The molecule has 4 nitrogen and oxygen atoms in total. The zero-order chi connectivity index (χ0) is 15.5. The fraction of sp³-hybridized carbons (Fsp3) is 0.412. The molecule has 0 radical (unpaired) electrons. The molecule has 1 amide bonds. The Kier molecular flexibility index (Phi) is 4.22. The number of oxime groups is 1. The van der Waals surface area contributed by atoms with E-state index in [1.54, 1.807) is 17.0 Å². The number of benzene rings is 1. The molecule has 1 atom stereocenters. The van der Waals surface area contributed by atoms with Crippen LogP contribution in [0.15, 0.2) is 42.1 Å². The molecular formula is C17H19FN2O2. The second-order valence-electron chi connectivity index (χ2n) is 5.79. The first kappa shape index (κ1) is 14.8. The molecule has 5 heteroatoms. The molecule has 1 unspecified atom stereocenters. The Morgan fingerprint density at radius 1 is 1.50 bits per heavy atom. The highest BCUT2D eigenvalue weighted by molar-refractivity contribution is 6.01. The van der Waals surface area contributed by atoms with Gasteiger partial charge >= 0.3 is 0 Å². The molecule has 0 N–H and O–H groups in total. The van der Waals surface area contributed by atoms with Crippen LogP contribution in [0.1, 0.15) is 24.8 Å². The van der Waals surface area contributed by atoms with Crippen LogP contribution in [-0.2, 0) is 9.63 Å². The predicted octanol–water partition coefficient (Wildman–Crippen LogP) is 2.74. The van der Waals surface area contributed by atoms with E-state index in [9.17, 15) is 9.18 Å². The zero-order valence-corrected chi connectivity index (χ0v) is 12.4. The number of hydrogen-bond donors (Lipinski definition) is 0. The summed E-state index contributed by atoms with van der Waals surface area (Å²) < 4.78 is 13.3. The lowest BCUT2D eigenvalue weighted by Crippen LogP contribution is -2.38. The minimum atomic E-state index is -0.291. The van der Waals surface area contributed by atoms with E-state index in [0.717, 1.165) is 24.1 Å². The third-order valence-electron chi connectivity index (χ3n) is 3.90. The average molecular weight is 302 g/mol. The van der Waals surface area contributed by atoms with E-state index in [2.05, 4.69) is 11.7 Å². The fourth-order valence-corrected chi connectivity index (χ4v) is 2.61. The van der Waals surface area contributed by atoms with Crippen molar-refractivity contribution in [2.24, 2.45) is 11.1 Å². The minimum Gasteiger partial charge on any atom is -0.390 e. The summed E-state index contributed by atoms with van der Waals surface area (Å²) in [6.07, 6.45) is 4.07. The number of hydrogen-bond acceptors (Lipinski definition) is 3. The Labute approximate surface area is 129 Å². The van der Waals surface area contributed by atoms with Crippen LogP contribution in [0.3, 0.4) is 0 Å². The van der Waals surface area contributed by atoms with Gasteiger partial charge in [0.2, 0.25) is 5.91 Å². The summed E-state index contributed by atoms with van der Waals surface area (Å²) in [7, 11) is 0. The van der Waals surface area contributed by atoms with E-state index < -0.39 is 0 Å². The first-order valence-electron chi connectivity index (χ1n) is 7.55. The van der Waals surface area contributed by atoms with Crippen molar-refractivity contribution in [1.82, 2.24) is 4.90 Å². The van der Waals surface area contributed by atoms with Gasteiger partial charge in [0.1, 0.15) is 5.82 Å². The standard InChI is InChI=1S/C17H19FN2O2/c1-2-8-20(17(21)12-6-7-12)11-15-10-16(19-22-15)13-4-3-5-14(18)9-13/h2-5,9,12,15H,1,6-8,10-11H2. The van der Waals surface area contributed by atoms with Gasteiger partial charge in [0.25, 0.3) is 0 Å². The Bertz CT molecular complexity index is 610. The van der Waals surface area contributed by atoms with E-state index in [1.807, 2.05) is 6.07 Å². The third kappa shape index (κ3) is 3.35. The lowest BCUT2D eigenvalue weighted by Gasteiger charge is -2.23. The van der Waals surface area contributed by atoms with Crippen LogP contribution in [0.5, 0.6) is 0 Å². The maximum absolute atomic E-state index is 13.3. The molecule has 0 saturated heterocycles. The van der Waals surface area contributed by atoms with Gasteiger partial charge in [-0.3, -0.25) is 4.79 Å². The van der Waals surface area contributed by atoms with Crippen LogP contribution >= 0.6 is 0 Å². The van der Waals surface area contributed by atoms with Gasteiger partial charge < -0.3 is 9.74 Å². The largest absolute Gasteiger partial charge is 0.390 e. The number of rotatable bonds is 6. The molecule has 0 aromatic heterocycles. The van der Waals surface area contributed by atoms with E-state index in [0.29, 0.717) is 19.5 Å². The van der Waals surface area contributed by atoms with Gasteiger partial charge in [-0.1, -0.05) is 23.4 Å². The van der Waals surface area contributed by atoms with Gasteiger partial charge in [-0.15, -0.1) is 6.58 Å². The highest BCUT2D eigenvalue weighted by Crippen LogP contribution is 2.31. The first-order chi connectivity index (χ1) is 10.7. The molecule has 1 fully saturated rings. The van der Waals surface area contributed by atoms with Crippen LogP contribution in [0, 0.1) is 11.7 Å². The van der Waals surface area contributed by atoms with Crippen molar-refractivity contribution in [3.05, 3.63) is 48.3 Å². The third-order valence-corrected chi connectivity index (χ3v) is 3.90. The maximum Gasteiger partial charge on any atom is 0.226 e. The second-order valence-corrected chi connectivity index (χ2v) is 5.79. The van der Waals surface area contributed by atoms with Crippen molar-refractivity contribution in [2.75, 3.05) is 13.1 Å². The molecule has 1 saturated carbocycles. The van der Waals surface area contributed by atoms with E-state index in [-0.39, 0.29) is 23.7 Å². The molecular weight excluding hydrogens is 283 g/mol. The summed E-state index contributed by atoms with van der Waals surface area (Å²) in [5.41, 5.74) is 1.45. The van der Waals surface area contributed by atoms with Gasteiger partial charge in [-0.05, 0) is 25.0 Å². The van der Waals surface area contributed by atoms with E-state index in [4.69, 9.17) is 4.84 Å². The SMILES string of the molecule is C=CCN(CC1CC(c2cccc(F)c2)=NO1)C(=O)C1CC1. The number of nitrogens with zero attached hydrogens (tertiary/aromatic N) is 2. The first-order valence-corrected chi connectivity index (χ1v) is 7.55. The maximum atomic E-state index is 13.3. The Morgan fingerprint density at radius 2 is 2.32 bits per heavy atom. The molecule has 1 aliphatic heterocycles. The van der Waals surface area contributed by atoms with Gasteiger partial charge in [0.15, 0.2) is 6.10 Å². The van der Waals surface area contributed by atoms with Gasteiger partial charge in [-0.2, -0.15) is 0 Å². The number of halogens is 1. The zero-order valence-electron chi connectivity index (χ0n) is 12.4. The summed E-state index contributed by atoms with van der Waals surface area (Å²) in [4.78, 5) is 19.4. The molecule has 1 aromatic carbocycles. The van der Waals surface area contributed by atoms with Crippen LogP contribution < -0.4 is 0 Å². The molecule has 1 heterocycles. The van der Waals surface area contributed by atoms with Crippen molar-refractivity contribution in [3.8, 4) is 0 Å². The average Bonchev–Trinajstić information content (AvgIpc) is 3.25. The molecule has 3 rings (SSSR count). The minimum absolute atomic E-state index is 0.169. The summed E-state index contributed by atoms with van der Waals surface area (Å²) in [5, 5.41) is 4.05. The van der Waals surface area contributed by atoms with E-state index >= 15 is 0 Å². The highest BCUT2D eigenvalue weighted by Gasteiger charge is 2.35. The summed E-state index contributed by atoms with van der Waals surface area (Å²) in [6, 6.07) is 6.31. The Morgan fingerprint density at radius 3 is 3.00 bits per heavy atom. The van der Waals surface area contributed by atoms with Gasteiger partial charge in [0, 0.05) is 24.4 Å². The molecule has 116 valence electrons. The molecule has 1 aromatic rings. The fourth-order valence-electron chi connectivity index (χ4n) is 2.61. The lowest BCUT2D eigenvalue weighted by atomic mass is 10.0. The van der Waals surface area contributed by atoms with Crippen LogP contribution in [0.2, 0.25) is 0 Å². The molecule has 0 spiro atoms. The second kappa shape index (κ2) is 6.30. The predicted molar refractivity (Wildman–Crippen MR) is 81.9 cm³/mol. The molecule has 22 heavy (non-hydrogen) atoms. The van der Waals surface area contributed by atoms with Crippen LogP contribution in [0.4, 0.5) is 4.39 Å².